The fraction of sp³-hybridized carbons (Fsp3) is 0.469. The monoisotopic (exact) mass is 584 g/mol. The number of piperidine rings is 1. The molecule has 1 saturated heterocycles. The van der Waals surface area contributed by atoms with Crippen LogP contribution in [0.25, 0.3) is 6.08 Å². The number of hydrogen-bond donors (Lipinski definition) is 2. The molecule has 42 heavy (non-hydrogen) atoms. The van der Waals surface area contributed by atoms with Crippen molar-refractivity contribution in [2.45, 2.75) is 68.2 Å². The highest BCUT2D eigenvalue weighted by Crippen LogP contribution is 2.67. The molecule has 4 aliphatic rings. The first-order chi connectivity index (χ1) is 19.9. The summed E-state index contributed by atoms with van der Waals surface area (Å²) in [5.41, 5.74) is 0.326. The van der Waals surface area contributed by atoms with Gasteiger partial charge >= 0.3 is 6.36 Å². The molecule has 7 nitrogen and oxygen atoms in total. The first-order valence-corrected chi connectivity index (χ1v) is 14.3. The highest BCUT2D eigenvalue weighted by molar-refractivity contribution is 5.92. The molecule has 2 aliphatic carbocycles. The van der Waals surface area contributed by atoms with Gasteiger partial charge in [-0.2, -0.15) is 0 Å². The summed E-state index contributed by atoms with van der Waals surface area (Å²) in [4.78, 5) is 17.4. The second-order valence-corrected chi connectivity index (χ2v) is 11.8. The number of carbonyl (C=O) groups excluding carboxylic acids is 1. The van der Waals surface area contributed by atoms with Crippen LogP contribution in [-0.4, -0.2) is 76.2 Å². The molecule has 2 heterocycles. The Bertz CT molecular complexity index is 1440. The van der Waals surface area contributed by atoms with E-state index in [9.17, 15) is 28.2 Å². The molecule has 10 heteroatoms. The van der Waals surface area contributed by atoms with E-state index in [2.05, 4.69) is 23.1 Å². The summed E-state index contributed by atoms with van der Waals surface area (Å²) < 4.78 is 48.6. The highest BCUT2D eigenvalue weighted by atomic mass is 19.4. The molecule has 1 amide bonds. The molecule has 2 aromatic rings. The van der Waals surface area contributed by atoms with E-state index in [-0.39, 0.29) is 29.4 Å². The lowest BCUT2D eigenvalue weighted by molar-refractivity contribution is -0.274. The van der Waals surface area contributed by atoms with Crippen LogP contribution in [0, 0.1) is 5.92 Å². The van der Waals surface area contributed by atoms with Gasteiger partial charge in [0.05, 0.1) is 17.1 Å². The Morgan fingerprint density at radius 3 is 2.81 bits per heavy atom. The minimum atomic E-state index is -4.82. The predicted molar refractivity (Wildman–Crippen MR) is 150 cm³/mol. The molecule has 0 aromatic heterocycles. The molecule has 2 aromatic carbocycles. The van der Waals surface area contributed by atoms with E-state index in [0.717, 1.165) is 11.1 Å². The Balaban J connectivity index is 1.36. The van der Waals surface area contributed by atoms with Gasteiger partial charge in [0.25, 0.3) is 0 Å². The lowest BCUT2D eigenvalue weighted by atomic mass is 9.45. The van der Waals surface area contributed by atoms with Crippen molar-refractivity contribution in [3.05, 3.63) is 71.8 Å². The molecule has 6 rings (SSSR count). The second kappa shape index (κ2) is 10.1. The minimum absolute atomic E-state index is 0.0217. The molecule has 2 N–H and O–H groups in total. The number of hydrogen-bond acceptors (Lipinski definition) is 6. The number of likely N-dealkylation sites (tertiary alicyclic amines) is 1. The molecule has 2 bridgehead atoms. The molecule has 0 unspecified atom stereocenters. The zero-order valence-electron chi connectivity index (χ0n) is 23.6. The van der Waals surface area contributed by atoms with Crippen LogP contribution in [0.1, 0.15) is 42.9 Å². The zero-order valence-corrected chi connectivity index (χ0v) is 23.6. The third-order valence-corrected chi connectivity index (χ3v) is 9.98. The first kappa shape index (κ1) is 28.6. The van der Waals surface area contributed by atoms with Gasteiger partial charge in [-0.25, -0.2) is 0 Å². The van der Waals surface area contributed by atoms with Crippen molar-refractivity contribution in [2.24, 2.45) is 5.92 Å². The number of halogens is 3. The molecule has 2 aliphatic heterocycles. The normalized spacial score (nSPS) is 31.4. The number of phenolic OH excluding ortho intramolecular Hbond substituents is 1. The topological polar surface area (TPSA) is 82.5 Å². The largest absolute Gasteiger partial charge is 0.573 e. The fourth-order valence-electron chi connectivity index (χ4n) is 8.33. The molecule has 2 fully saturated rings. The zero-order chi connectivity index (χ0) is 30.0. The number of ether oxygens (including phenoxy) is 2. The lowest BCUT2D eigenvalue weighted by Gasteiger charge is -2.67. The Morgan fingerprint density at radius 1 is 1.31 bits per heavy atom. The molecular formula is C32H35F3N2O5. The van der Waals surface area contributed by atoms with E-state index in [1.807, 2.05) is 12.1 Å². The van der Waals surface area contributed by atoms with Gasteiger partial charge in [0, 0.05) is 31.3 Å². The molecule has 6 atom stereocenters. The van der Waals surface area contributed by atoms with Crippen molar-refractivity contribution >= 4 is 12.0 Å². The Labute approximate surface area is 242 Å². The minimum Gasteiger partial charge on any atom is -0.504 e. The van der Waals surface area contributed by atoms with Crippen LogP contribution in [0.15, 0.2) is 55.1 Å². The van der Waals surface area contributed by atoms with E-state index >= 15 is 0 Å². The molecular weight excluding hydrogens is 549 g/mol. The van der Waals surface area contributed by atoms with Crippen LogP contribution in [0.5, 0.6) is 17.2 Å². The number of likely N-dealkylation sites (N-methyl/N-ethyl adjacent to an activating group) is 1. The number of aromatic hydroxyl groups is 1. The van der Waals surface area contributed by atoms with E-state index in [1.54, 1.807) is 24.1 Å². The standard InChI is InChI=1S/C32H35F3N2O5/c1-4-14-37-15-13-30-27-20-10-11-24(38)28(27)41-29(30)23(18-21(5-2)31(30,40)25(37)17-20)36(3)26(39)12-9-19-7-6-8-22(16-19)42-32(33,34)35/h4,6-12,16,21,23,25,29,38,40H,1,5,13-15,17-18H2,2-3H3/t21-,23+,25+,29-,30-,31+/m0/s1. The number of amides is 1. The maximum atomic E-state index is 13.5. The van der Waals surface area contributed by atoms with Gasteiger partial charge < -0.3 is 24.6 Å². The number of phenols is 1. The second-order valence-electron chi connectivity index (χ2n) is 11.8. The van der Waals surface area contributed by atoms with Crippen molar-refractivity contribution in [3.63, 3.8) is 0 Å². The summed E-state index contributed by atoms with van der Waals surface area (Å²) in [5.74, 6) is -0.458. The summed E-state index contributed by atoms with van der Waals surface area (Å²) in [7, 11) is 1.69. The molecule has 224 valence electrons. The summed E-state index contributed by atoms with van der Waals surface area (Å²) in [6.07, 6.45) is 1.64. The number of carbonyl (C=O) groups is 1. The van der Waals surface area contributed by atoms with Crippen molar-refractivity contribution in [2.75, 3.05) is 20.1 Å². The van der Waals surface area contributed by atoms with Crippen molar-refractivity contribution in [1.82, 2.24) is 9.80 Å². The van der Waals surface area contributed by atoms with Gasteiger partial charge in [-0.3, -0.25) is 9.69 Å². The first-order valence-electron chi connectivity index (χ1n) is 14.3. The Hall–Kier alpha value is -3.50. The maximum absolute atomic E-state index is 13.5. The van der Waals surface area contributed by atoms with Crippen molar-refractivity contribution in [3.8, 4) is 17.2 Å². The van der Waals surface area contributed by atoms with Gasteiger partial charge in [-0.1, -0.05) is 37.6 Å². The average Bonchev–Trinajstić information content (AvgIpc) is 3.29. The Morgan fingerprint density at radius 2 is 2.10 bits per heavy atom. The van der Waals surface area contributed by atoms with Gasteiger partial charge in [-0.15, -0.1) is 19.8 Å². The summed E-state index contributed by atoms with van der Waals surface area (Å²) in [6, 6.07) is 8.39. The maximum Gasteiger partial charge on any atom is 0.573 e. The van der Waals surface area contributed by atoms with Crippen molar-refractivity contribution < 1.29 is 37.7 Å². The van der Waals surface area contributed by atoms with Gasteiger partial charge in [-0.05, 0) is 67.1 Å². The third kappa shape index (κ3) is 4.13. The molecule has 1 saturated carbocycles. The lowest BCUT2D eigenvalue weighted by Crippen LogP contribution is -2.80. The summed E-state index contributed by atoms with van der Waals surface area (Å²) >= 11 is 0. The van der Waals surface area contributed by atoms with E-state index in [4.69, 9.17) is 4.74 Å². The number of benzene rings is 2. The number of rotatable bonds is 7. The predicted octanol–water partition coefficient (Wildman–Crippen LogP) is 4.81. The van der Waals surface area contributed by atoms with Crippen LogP contribution >= 0.6 is 0 Å². The van der Waals surface area contributed by atoms with Crippen molar-refractivity contribution in [1.29, 1.82) is 0 Å². The smallest absolute Gasteiger partial charge is 0.504 e. The van der Waals surface area contributed by atoms with Gasteiger partial charge in [0.2, 0.25) is 5.91 Å². The van der Waals surface area contributed by atoms with Crippen LogP contribution in [-0.2, 0) is 16.6 Å². The number of alkyl halides is 3. The van der Waals surface area contributed by atoms with Crippen LogP contribution in [0.4, 0.5) is 13.2 Å². The van der Waals surface area contributed by atoms with E-state index in [1.165, 1.54) is 30.4 Å². The van der Waals surface area contributed by atoms with Crippen LogP contribution < -0.4 is 9.47 Å². The summed E-state index contributed by atoms with van der Waals surface area (Å²) in [6.45, 7) is 7.34. The fourth-order valence-corrected chi connectivity index (χ4v) is 8.33. The van der Waals surface area contributed by atoms with Crippen LogP contribution in [0.2, 0.25) is 0 Å². The third-order valence-electron chi connectivity index (χ3n) is 9.98. The summed E-state index contributed by atoms with van der Waals surface area (Å²) in [5, 5.41) is 23.8. The quantitative estimate of drug-likeness (QED) is 0.359. The SMILES string of the molecule is C=CCN1CC[C@]23c4c5ccc(O)c4O[C@H]2[C@H](N(C)C(=O)C=Cc2cccc(OC(F)(F)F)c2)C[C@H](CC)[C@@]3(O)[C@H]1C5. The number of aliphatic hydroxyl groups is 1. The highest BCUT2D eigenvalue weighted by Gasteiger charge is 2.75. The molecule has 1 spiro atoms. The Kier molecular flexibility index (Phi) is 6.85. The van der Waals surface area contributed by atoms with E-state index in [0.29, 0.717) is 50.1 Å². The number of nitrogens with zero attached hydrogens (tertiary/aromatic N) is 2. The molecule has 0 radical (unpaired) electrons. The average molecular weight is 585 g/mol. The van der Waals surface area contributed by atoms with E-state index < -0.39 is 29.5 Å². The van der Waals surface area contributed by atoms with Gasteiger partial charge in [0.1, 0.15) is 11.9 Å². The van der Waals surface area contributed by atoms with Gasteiger partial charge in [0.15, 0.2) is 11.5 Å². The van der Waals surface area contributed by atoms with Crippen LogP contribution in [0.3, 0.4) is 0 Å².